The molecule has 2 nitrogen and oxygen atoms in total. The van der Waals surface area contributed by atoms with Crippen LogP contribution in [0.3, 0.4) is 0 Å². The molecular formula is C15H16O2. The monoisotopic (exact) mass is 228 g/mol. The van der Waals surface area contributed by atoms with Crippen molar-refractivity contribution in [1.29, 1.82) is 0 Å². The molecule has 0 fully saturated rings. The molecule has 2 heteroatoms. The number of aliphatic hydroxyl groups excluding tert-OH is 1. The predicted molar refractivity (Wildman–Crippen MR) is 67.9 cm³/mol. The van der Waals surface area contributed by atoms with E-state index in [2.05, 4.69) is 0 Å². The van der Waals surface area contributed by atoms with Gasteiger partial charge in [-0.05, 0) is 18.6 Å². The van der Waals surface area contributed by atoms with Gasteiger partial charge in [-0.1, -0.05) is 48.0 Å². The van der Waals surface area contributed by atoms with E-state index in [0.29, 0.717) is 6.61 Å². The third-order valence-corrected chi connectivity index (χ3v) is 2.62. The van der Waals surface area contributed by atoms with Gasteiger partial charge in [0.1, 0.15) is 12.4 Å². The van der Waals surface area contributed by atoms with Crippen LogP contribution in [0.4, 0.5) is 0 Å². The van der Waals surface area contributed by atoms with Crippen LogP contribution in [0.25, 0.3) is 0 Å². The van der Waals surface area contributed by atoms with Gasteiger partial charge in [-0.15, -0.1) is 0 Å². The molecule has 1 N–H and O–H groups in total. The van der Waals surface area contributed by atoms with Crippen LogP contribution >= 0.6 is 0 Å². The summed E-state index contributed by atoms with van der Waals surface area (Å²) in [6.07, 6.45) is 0. The van der Waals surface area contributed by atoms with Crippen molar-refractivity contribution in [3.63, 3.8) is 0 Å². The standard InChI is InChI=1S/C15H16O2/c1-12-7-8-15(14(9-12)10-16)17-11-13-5-3-2-4-6-13/h2-9,16H,10-11H2,1H3. The van der Waals surface area contributed by atoms with Crippen molar-refractivity contribution in [2.45, 2.75) is 20.1 Å². The quantitative estimate of drug-likeness (QED) is 0.871. The number of hydrogen-bond acceptors (Lipinski definition) is 2. The molecule has 0 bridgehead atoms. The van der Waals surface area contributed by atoms with E-state index in [9.17, 15) is 5.11 Å². The molecule has 0 aliphatic rings. The summed E-state index contributed by atoms with van der Waals surface area (Å²) in [7, 11) is 0. The second-order valence-corrected chi connectivity index (χ2v) is 4.04. The minimum Gasteiger partial charge on any atom is -0.489 e. The highest BCUT2D eigenvalue weighted by molar-refractivity contribution is 5.36. The lowest BCUT2D eigenvalue weighted by atomic mass is 10.1. The van der Waals surface area contributed by atoms with Crippen LogP contribution in [0.1, 0.15) is 16.7 Å². The van der Waals surface area contributed by atoms with Crippen LogP contribution in [0, 0.1) is 6.92 Å². The van der Waals surface area contributed by atoms with Crippen LogP contribution in [0.5, 0.6) is 5.75 Å². The molecule has 0 saturated heterocycles. The number of ether oxygens (including phenoxy) is 1. The average Bonchev–Trinajstić information content (AvgIpc) is 2.38. The first-order chi connectivity index (χ1) is 8.29. The molecule has 2 aromatic carbocycles. The van der Waals surface area contributed by atoms with Gasteiger partial charge in [0.2, 0.25) is 0 Å². The van der Waals surface area contributed by atoms with Gasteiger partial charge in [-0.25, -0.2) is 0 Å². The summed E-state index contributed by atoms with van der Waals surface area (Å²) in [5.41, 5.74) is 3.08. The zero-order valence-corrected chi connectivity index (χ0v) is 9.89. The van der Waals surface area contributed by atoms with Gasteiger partial charge < -0.3 is 9.84 Å². The van der Waals surface area contributed by atoms with E-state index in [1.165, 1.54) is 0 Å². The number of aliphatic hydroxyl groups is 1. The Hall–Kier alpha value is -1.80. The zero-order valence-electron chi connectivity index (χ0n) is 9.89. The molecule has 2 aromatic rings. The zero-order chi connectivity index (χ0) is 12.1. The Morgan fingerprint density at radius 2 is 1.82 bits per heavy atom. The molecule has 0 aromatic heterocycles. The second-order valence-electron chi connectivity index (χ2n) is 4.04. The second kappa shape index (κ2) is 5.51. The van der Waals surface area contributed by atoms with Crippen LogP contribution in [0.2, 0.25) is 0 Å². The molecule has 0 spiro atoms. The summed E-state index contributed by atoms with van der Waals surface area (Å²) in [5.74, 6) is 0.752. The van der Waals surface area contributed by atoms with Crippen LogP contribution in [0.15, 0.2) is 48.5 Å². The van der Waals surface area contributed by atoms with Gasteiger partial charge in [-0.3, -0.25) is 0 Å². The van der Waals surface area contributed by atoms with Crippen molar-refractivity contribution in [2.24, 2.45) is 0 Å². The van der Waals surface area contributed by atoms with Crippen molar-refractivity contribution >= 4 is 0 Å². The van der Waals surface area contributed by atoms with Crippen molar-refractivity contribution in [3.8, 4) is 5.75 Å². The fourth-order valence-electron chi connectivity index (χ4n) is 1.71. The van der Waals surface area contributed by atoms with E-state index in [4.69, 9.17) is 4.74 Å². The fraction of sp³-hybridized carbons (Fsp3) is 0.200. The highest BCUT2D eigenvalue weighted by Gasteiger charge is 2.03. The van der Waals surface area contributed by atoms with Gasteiger partial charge in [0.25, 0.3) is 0 Å². The molecule has 0 amide bonds. The molecule has 88 valence electrons. The lowest BCUT2D eigenvalue weighted by molar-refractivity contribution is 0.259. The lowest BCUT2D eigenvalue weighted by Crippen LogP contribution is -1.98. The Balaban J connectivity index is 2.09. The Labute approximate surface area is 101 Å². The molecule has 0 unspecified atom stereocenters. The minimum atomic E-state index is 0.00576. The Morgan fingerprint density at radius 3 is 2.53 bits per heavy atom. The molecule has 0 heterocycles. The van der Waals surface area contributed by atoms with E-state index in [-0.39, 0.29) is 6.61 Å². The molecule has 0 radical (unpaired) electrons. The number of hydrogen-bond donors (Lipinski definition) is 1. The van der Waals surface area contributed by atoms with Crippen LogP contribution in [-0.2, 0) is 13.2 Å². The molecule has 0 aliphatic carbocycles. The molecule has 0 atom stereocenters. The third-order valence-electron chi connectivity index (χ3n) is 2.62. The minimum absolute atomic E-state index is 0.00576. The van der Waals surface area contributed by atoms with Crippen LogP contribution < -0.4 is 4.74 Å². The largest absolute Gasteiger partial charge is 0.489 e. The summed E-state index contributed by atoms with van der Waals surface area (Å²) in [4.78, 5) is 0. The Bertz CT molecular complexity index is 478. The maximum atomic E-state index is 9.26. The molecule has 17 heavy (non-hydrogen) atoms. The summed E-state index contributed by atoms with van der Waals surface area (Å²) in [5, 5.41) is 9.26. The topological polar surface area (TPSA) is 29.5 Å². The maximum absolute atomic E-state index is 9.26. The van der Waals surface area contributed by atoms with E-state index in [1.54, 1.807) is 0 Å². The number of aryl methyl sites for hydroxylation is 1. The van der Waals surface area contributed by atoms with E-state index in [1.807, 2.05) is 55.5 Å². The molecule has 0 saturated carbocycles. The van der Waals surface area contributed by atoms with Crippen molar-refractivity contribution < 1.29 is 9.84 Å². The van der Waals surface area contributed by atoms with Crippen molar-refractivity contribution in [1.82, 2.24) is 0 Å². The normalized spacial score (nSPS) is 10.2. The first-order valence-corrected chi connectivity index (χ1v) is 5.66. The van der Waals surface area contributed by atoms with Gasteiger partial charge in [0.05, 0.1) is 6.61 Å². The first-order valence-electron chi connectivity index (χ1n) is 5.66. The summed E-state index contributed by atoms with van der Waals surface area (Å²) in [6.45, 7) is 2.53. The Kier molecular flexibility index (Phi) is 3.78. The SMILES string of the molecule is Cc1ccc(OCc2ccccc2)c(CO)c1. The summed E-state index contributed by atoms with van der Waals surface area (Å²) < 4.78 is 5.71. The van der Waals surface area contributed by atoms with E-state index < -0.39 is 0 Å². The number of benzene rings is 2. The van der Waals surface area contributed by atoms with Crippen molar-refractivity contribution in [3.05, 3.63) is 65.2 Å². The first kappa shape index (κ1) is 11.7. The molecular weight excluding hydrogens is 212 g/mol. The van der Waals surface area contributed by atoms with Gasteiger partial charge in [0, 0.05) is 5.56 Å². The van der Waals surface area contributed by atoms with Crippen LogP contribution in [-0.4, -0.2) is 5.11 Å². The third kappa shape index (κ3) is 3.08. The van der Waals surface area contributed by atoms with Gasteiger partial charge >= 0.3 is 0 Å². The molecule has 0 aliphatic heterocycles. The Morgan fingerprint density at radius 1 is 1.06 bits per heavy atom. The lowest BCUT2D eigenvalue weighted by Gasteiger charge is -2.10. The predicted octanol–water partition coefficient (Wildman–Crippen LogP) is 3.07. The average molecular weight is 228 g/mol. The van der Waals surface area contributed by atoms with Gasteiger partial charge in [-0.2, -0.15) is 0 Å². The summed E-state index contributed by atoms with van der Waals surface area (Å²) in [6, 6.07) is 15.8. The fourth-order valence-corrected chi connectivity index (χ4v) is 1.71. The van der Waals surface area contributed by atoms with E-state index in [0.717, 1.165) is 22.4 Å². The number of rotatable bonds is 4. The smallest absolute Gasteiger partial charge is 0.125 e. The van der Waals surface area contributed by atoms with Crippen molar-refractivity contribution in [2.75, 3.05) is 0 Å². The molecule has 2 rings (SSSR count). The van der Waals surface area contributed by atoms with E-state index >= 15 is 0 Å². The maximum Gasteiger partial charge on any atom is 0.125 e. The summed E-state index contributed by atoms with van der Waals surface area (Å²) >= 11 is 0. The van der Waals surface area contributed by atoms with Gasteiger partial charge in [0.15, 0.2) is 0 Å². The highest BCUT2D eigenvalue weighted by atomic mass is 16.5. The highest BCUT2D eigenvalue weighted by Crippen LogP contribution is 2.21.